The second-order valence-electron chi connectivity index (χ2n) is 7.22. The van der Waals surface area contributed by atoms with Gasteiger partial charge in [0, 0.05) is 12.1 Å². The van der Waals surface area contributed by atoms with E-state index in [0.29, 0.717) is 0 Å². The van der Waals surface area contributed by atoms with Crippen molar-refractivity contribution < 1.29 is 24.2 Å². The molecule has 3 aromatic rings. The highest BCUT2D eigenvalue weighted by Gasteiger charge is 2.30. The van der Waals surface area contributed by atoms with Crippen LogP contribution < -0.4 is 10.6 Å². The van der Waals surface area contributed by atoms with Crippen LogP contribution in [-0.4, -0.2) is 45.9 Å². The number of hydrogen-bond donors (Lipinski definition) is 3. The van der Waals surface area contributed by atoms with E-state index in [1.807, 2.05) is 48.5 Å². The lowest BCUT2D eigenvalue weighted by Gasteiger charge is -2.18. The van der Waals surface area contributed by atoms with E-state index in [1.165, 1.54) is 12.3 Å². The van der Waals surface area contributed by atoms with Crippen molar-refractivity contribution in [3.63, 3.8) is 0 Å². The summed E-state index contributed by atoms with van der Waals surface area (Å²) in [5, 5.41) is 21.3. The van der Waals surface area contributed by atoms with Gasteiger partial charge >= 0.3 is 12.1 Å². The number of alkyl carbamates (subject to hydrolysis) is 1. The fourth-order valence-corrected chi connectivity index (χ4v) is 3.75. The second kappa shape index (κ2) is 9.25. The Morgan fingerprint density at radius 2 is 1.62 bits per heavy atom. The summed E-state index contributed by atoms with van der Waals surface area (Å²) in [5.41, 5.74) is 4.27. The highest BCUT2D eigenvalue weighted by molar-refractivity contribution is 5.97. The Balaban J connectivity index is 1.42. The van der Waals surface area contributed by atoms with Gasteiger partial charge in [-0.1, -0.05) is 48.5 Å². The van der Waals surface area contributed by atoms with Crippen LogP contribution in [0.3, 0.4) is 0 Å². The minimum absolute atomic E-state index is 0.0471. The number of rotatable bonds is 7. The summed E-state index contributed by atoms with van der Waals surface area (Å²) in [6, 6.07) is 17.5. The number of hydrogen-bond acceptors (Lipinski definition) is 6. The lowest BCUT2D eigenvalue weighted by Crippen LogP contribution is -2.45. The standard InChI is InChI=1S/C23H20N4O5/c28-21(29)12-19(22(30)26-20-10-5-11-24-27-20)25-23(31)32-13-18-16-8-3-1-6-14(16)15-7-2-4-9-17(15)18/h1-11,18-19H,12-13H2,(H,25,31)(H,28,29)(H,26,27,30). The number of nitrogens with zero attached hydrogens (tertiary/aromatic N) is 2. The predicted molar refractivity (Wildman–Crippen MR) is 115 cm³/mol. The highest BCUT2D eigenvalue weighted by atomic mass is 16.5. The third-order valence-electron chi connectivity index (χ3n) is 5.15. The van der Waals surface area contributed by atoms with Gasteiger partial charge in [-0.2, -0.15) is 5.10 Å². The van der Waals surface area contributed by atoms with Crippen LogP contribution in [0, 0.1) is 0 Å². The number of aliphatic carboxylic acids is 1. The number of nitrogens with one attached hydrogen (secondary N) is 2. The first-order valence-corrected chi connectivity index (χ1v) is 9.95. The van der Waals surface area contributed by atoms with Crippen LogP contribution in [0.5, 0.6) is 0 Å². The lowest BCUT2D eigenvalue weighted by molar-refractivity contribution is -0.139. The number of aromatic nitrogens is 2. The average molecular weight is 432 g/mol. The summed E-state index contributed by atoms with van der Waals surface area (Å²) in [6.45, 7) is 0.0471. The van der Waals surface area contributed by atoms with E-state index in [0.717, 1.165) is 22.3 Å². The number of carboxylic acids is 1. The molecular formula is C23H20N4O5. The molecule has 9 heteroatoms. The topological polar surface area (TPSA) is 131 Å². The van der Waals surface area contributed by atoms with Gasteiger partial charge in [0.25, 0.3) is 0 Å². The molecule has 0 fully saturated rings. The molecule has 32 heavy (non-hydrogen) atoms. The highest BCUT2D eigenvalue weighted by Crippen LogP contribution is 2.44. The first-order valence-electron chi connectivity index (χ1n) is 9.95. The molecule has 1 aliphatic carbocycles. The SMILES string of the molecule is O=C(O)CC(NC(=O)OCC1c2ccccc2-c2ccccc21)C(=O)Nc1cccnn1. The molecule has 1 heterocycles. The van der Waals surface area contributed by atoms with Crippen molar-refractivity contribution in [3.8, 4) is 11.1 Å². The Kier molecular flexibility index (Phi) is 6.07. The van der Waals surface area contributed by atoms with Crippen LogP contribution in [0.1, 0.15) is 23.5 Å². The molecule has 0 saturated heterocycles. The molecule has 1 aliphatic rings. The van der Waals surface area contributed by atoms with Gasteiger partial charge in [-0.25, -0.2) is 4.79 Å². The van der Waals surface area contributed by atoms with Crippen LogP contribution in [0.2, 0.25) is 0 Å². The first-order chi connectivity index (χ1) is 15.5. The number of carbonyl (C=O) groups excluding carboxylic acids is 2. The molecule has 1 atom stereocenters. The monoisotopic (exact) mass is 432 g/mol. The van der Waals surface area contributed by atoms with E-state index in [9.17, 15) is 14.4 Å². The summed E-state index contributed by atoms with van der Waals surface area (Å²) in [6.07, 6.45) is -0.0669. The van der Waals surface area contributed by atoms with Crippen LogP contribution in [0.15, 0.2) is 66.9 Å². The number of carbonyl (C=O) groups is 3. The molecule has 1 aromatic heterocycles. The van der Waals surface area contributed by atoms with Crippen molar-refractivity contribution in [2.45, 2.75) is 18.4 Å². The van der Waals surface area contributed by atoms with Gasteiger partial charge in [-0.3, -0.25) is 9.59 Å². The van der Waals surface area contributed by atoms with Gasteiger partial charge in [0.15, 0.2) is 5.82 Å². The van der Waals surface area contributed by atoms with Crippen molar-refractivity contribution in [3.05, 3.63) is 78.0 Å². The largest absolute Gasteiger partial charge is 0.481 e. The lowest BCUT2D eigenvalue weighted by atomic mass is 9.98. The fourth-order valence-electron chi connectivity index (χ4n) is 3.75. The Bertz CT molecular complexity index is 1110. The van der Waals surface area contributed by atoms with E-state index >= 15 is 0 Å². The third kappa shape index (κ3) is 4.56. The summed E-state index contributed by atoms with van der Waals surface area (Å²) >= 11 is 0. The quantitative estimate of drug-likeness (QED) is 0.523. The molecule has 0 radical (unpaired) electrons. The number of carboxylic acid groups (broad SMARTS) is 1. The van der Waals surface area contributed by atoms with Crippen LogP contribution >= 0.6 is 0 Å². The molecule has 0 bridgehead atoms. The minimum Gasteiger partial charge on any atom is -0.481 e. The van der Waals surface area contributed by atoms with Crippen molar-refractivity contribution in [2.24, 2.45) is 0 Å². The van der Waals surface area contributed by atoms with E-state index < -0.39 is 30.4 Å². The Morgan fingerprint density at radius 3 is 2.22 bits per heavy atom. The van der Waals surface area contributed by atoms with Gasteiger partial charge < -0.3 is 20.5 Å². The first kappa shape index (κ1) is 21.0. The minimum atomic E-state index is -1.34. The normalized spacial score (nSPS) is 12.9. The number of benzene rings is 2. The van der Waals surface area contributed by atoms with Gasteiger partial charge in [-0.15, -0.1) is 5.10 Å². The summed E-state index contributed by atoms with van der Waals surface area (Å²) < 4.78 is 5.40. The third-order valence-corrected chi connectivity index (χ3v) is 5.15. The molecule has 0 aliphatic heterocycles. The number of anilines is 1. The number of fused-ring (bicyclic) bond motifs is 3. The van der Waals surface area contributed by atoms with Crippen LogP contribution in [0.25, 0.3) is 11.1 Å². The van der Waals surface area contributed by atoms with Crippen LogP contribution in [-0.2, 0) is 14.3 Å². The zero-order valence-electron chi connectivity index (χ0n) is 16.9. The van der Waals surface area contributed by atoms with Gasteiger partial charge in [0.2, 0.25) is 5.91 Å². The van der Waals surface area contributed by atoms with Crippen molar-refractivity contribution in [1.82, 2.24) is 15.5 Å². The maximum Gasteiger partial charge on any atom is 0.407 e. The number of amides is 2. The Labute approximate surface area is 183 Å². The molecule has 0 spiro atoms. The summed E-state index contributed by atoms with van der Waals surface area (Å²) in [5.74, 6) is -1.99. The van der Waals surface area contributed by atoms with Crippen molar-refractivity contribution in [2.75, 3.05) is 11.9 Å². The fraction of sp³-hybridized carbons (Fsp3) is 0.174. The van der Waals surface area contributed by atoms with Crippen LogP contribution in [0.4, 0.5) is 10.6 Å². The average Bonchev–Trinajstić information content (AvgIpc) is 3.11. The van der Waals surface area contributed by atoms with Gasteiger partial charge in [0.1, 0.15) is 12.6 Å². The molecule has 4 rings (SSSR count). The molecule has 0 saturated carbocycles. The molecule has 1 unspecified atom stereocenters. The summed E-state index contributed by atoms with van der Waals surface area (Å²) in [7, 11) is 0. The zero-order valence-corrected chi connectivity index (χ0v) is 16.9. The summed E-state index contributed by atoms with van der Waals surface area (Å²) in [4.78, 5) is 36.1. The van der Waals surface area contributed by atoms with Gasteiger partial charge in [-0.05, 0) is 34.4 Å². The van der Waals surface area contributed by atoms with Gasteiger partial charge in [0.05, 0.1) is 6.42 Å². The zero-order chi connectivity index (χ0) is 22.5. The Hall–Kier alpha value is -4.27. The molecule has 2 aromatic carbocycles. The maximum atomic E-state index is 12.5. The molecule has 2 amide bonds. The maximum absolute atomic E-state index is 12.5. The van der Waals surface area contributed by atoms with E-state index in [2.05, 4.69) is 20.8 Å². The predicted octanol–water partition coefficient (Wildman–Crippen LogP) is 2.80. The smallest absolute Gasteiger partial charge is 0.407 e. The van der Waals surface area contributed by atoms with Crippen molar-refractivity contribution >= 4 is 23.8 Å². The van der Waals surface area contributed by atoms with E-state index in [1.54, 1.807) is 6.07 Å². The molecule has 162 valence electrons. The Morgan fingerprint density at radius 1 is 0.969 bits per heavy atom. The second-order valence-corrected chi connectivity index (χ2v) is 7.22. The van der Waals surface area contributed by atoms with E-state index in [-0.39, 0.29) is 18.3 Å². The van der Waals surface area contributed by atoms with E-state index in [4.69, 9.17) is 9.84 Å². The molecular weight excluding hydrogens is 412 g/mol. The molecule has 3 N–H and O–H groups in total. The van der Waals surface area contributed by atoms with Crippen molar-refractivity contribution in [1.29, 1.82) is 0 Å². The molecule has 9 nitrogen and oxygen atoms in total. The number of ether oxygens (including phenoxy) is 1.